The summed E-state index contributed by atoms with van der Waals surface area (Å²) in [6, 6.07) is 2.09. The van der Waals surface area contributed by atoms with Gasteiger partial charge in [0.15, 0.2) is 21.5 Å². The average molecular weight is 237 g/mol. The molecule has 1 aromatic carbocycles. The molecule has 0 amide bonds. The summed E-state index contributed by atoms with van der Waals surface area (Å²) in [6.45, 7) is -0.327. The smallest absolute Gasteiger partial charge is 0.178 e. The van der Waals surface area contributed by atoms with E-state index in [1.165, 1.54) is 0 Å². The molecule has 84 valence electrons. The minimum Gasteiger partial charge on any atom is -0.300 e. The van der Waals surface area contributed by atoms with Crippen molar-refractivity contribution in [3.8, 4) is 0 Å². The third kappa shape index (κ3) is 2.49. The number of rotatable bonds is 3. The second-order valence-electron chi connectivity index (χ2n) is 2.93. The average Bonchev–Trinajstić information content (AvgIpc) is 2.11. The molecule has 2 N–H and O–H groups in total. The van der Waals surface area contributed by atoms with E-state index in [1.807, 2.05) is 0 Å². The number of hydrogen-bond donors (Lipinski definition) is 1. The molecule has 1 aromatic rings. The zero-order valence-corrected chi connectivity index (χ0v) is 8.64. The Balaban J connectivity index is 3.34. The zero-order valence-electron chi connectivity index (χ0n) is 7.83. The van der Waals surface area contributed by atoms with Gasteiger partial charge in [0.1, 0.15) is 4.90 Å². The van der Waals surface area contributed by atoms with Crippen LogP contribution in [0.15, 0.2) is 17.0 Å². The van der Waals surface area contributed by atoms with Crippen molar-refractivity contribution in [3.63, 3.8) is 0 Å². The van der Waals surface area contributed by atoms with Gasteiger partial charge in [-0.1, -0.05) is 6.07 Å². The molecule has 0 atom stereocenters. The van der Waals surface area contributed by atoms with Crippen LogP contribution in [0.2, 0.25) is 0 Å². The highest BCUT2D eigenvalue weighted by Crippen LogP contribution is 2.20. The Morgan fingerprint density at radius 1 is 1.33 bits per heavy atom. The summed E-state index contributed by atoms with van der Waals surface area (Å²) in [5, 5.41) is 0. The van der Waals surface area contributed by atoms with E-state index in [2.05, 4.69) is 4.84 Å². The highest BCUT2D eigenvalue weighted by atomic mass is 32.2. The monoisotopic (exact) mass is 237 g/mol. The van der Waals surface area contributed by atoms with E-state index < -0.39 is 26.4 Å². The fourth-order valence-corrected chi connectivity index (χ4v) is 1.79. The summed E-state index contributed by atoms with van der Waals surface area (Å²) in [6.07, 6.45) is 0.796. The quantitative estimate of drug-likeness (QED) is 0.788. The van der Waals surface area contributed by atoms with Gasteiger partial charge in [-0.15, -0.1) is 0 Å². The molecule has 0 saturated carbocycles. The Hall–Kier alpha value is -1.05. The van der Waals surface area contributed by atoms with Gasteiger partial charge in [0.2, 0.25) is 0 Å². The Labute approximate surface area is 85.5 Å². The first-order valence-electron chi connectivity index (χ1n) is 3.86. The van der Waals surface area contributed by atoms with Crippen molar-refractivity contribution >= 4 is 9.84 Å². The fraction of sp³-hybridized carbons (Fsp3) is 0.250. The number of sulfone groups is 1. The van der Waals surface area contributed by atoms with E-state index in [1.54, 1.807) is 0 Å². The summed E-state index contributed by atoms with van der Waals surface area (Å²) < 4.78 is 48.5. The minimum atomic E-state index is -3.77. The van der Waals surface area contributed by atoms with E-state index in [0.717, 1.165) is 18.4 Å². The van der Waals surface area contributed by atoms with Crippen LogP contribution in [0.5, 0.6) is 0 Å². The zero-order chi connectivity index (χ0) is 11.6. The fourth-order valence-electron chi connectivity index (χ4n) is 1.06. The lowest BCUT2D eigenvalue weighted by Crippen LogP contribution is -2.07. The predicted molar refractivity (Wildman–Crippen MR) is 48.4 cm³/mol. The first-order valence-corrected chi connectivity index (χ1v) is 5.75. The van der Waals surface area contributed by atoms with Gasteiger partial charge < -0.3 is 0 Å². The number of benzene rings is 1. The molecule has 15 heavy (non-hydrogen) atoms. The lowest BCUT2D eigenvalue weighted by atomic mass is 10.2. The Morgan fingerprint density at radius 2 is 1.93 bits per heavy atom. The van der Waals surface area contributed by atoms with Gasteiger partial charge in [-0.3, -0.25) is 4.84 Å². The number of nitrogens with two attached hydrogens (primary N) is 1. The molecule has 0 unspecified atom stereocenters. The minimum absolute atomic E-state index is 0.137. The maximum atomic E-state index is 13.2. The molecule has 0 saturated heterocycles. The standard InChI is InChI=1S/C8H9F2NO3S/c1-15(12,13)6-3-2-5(4-14-11)7(9)8(6)10/h2-3H,4,11H2,1H3. The molecule has 4 nitrogen and oxygen atoms in total. The molecule has 0 fully saturated rings. The topological polar surface area (TPSA) is 69.4 Å². The van der Waals surface area contributed by atoms with Crippen LogP contribution in [0.1, 0.15) is 5.56 Å². The summed E-state index contributed by atoms with van der Waals surface area (Å²) in [7, 11) is -3.77. The van der Waals surface area contributed by atoms with Crippen LogP contribution in [-0.2, 0) is 21.3 Å². The van der Waals surface area contributed by atoms with Crippen molar-refractivity contribution in [2.75, 3.05) is 6.26 Å². The van der Waals surface area contributed by atoms with Crippen LogP contribution >= 0.6 is 0 Å². The lowest BCUT2D eigenvalue weighted by molar-refractivity contribution is 0.121. The molecule has 0 aliphatic carbocycles. The highest BCUT2D eigenvalue weighted by Gasteiger charge is 2.19. The van der Waals surface area contributed by atoms with E-state index in [0.29, 0.717) is 0 Å². The molecule has 1 rings (SSSR count). The first-order chi connectivity index (χ1) is 6.88. The van der Waals surface area contributed by atoms with Crippen molar-refractivity contribution in [3.05, 3.63) is 29.3 Å². The molecule has 0 aliphatic rings. The third-order valence-electron chi connectivity index (χ3n) is 1.77. The predicted octanol–water partition coefficient (Wildman–Crippen LogP) is 0.759. The van der Waals surface area contributed by atoms with Gasteiger partial charge in [0.05, 0.1) is 6.61 Å². The van der Waals surface area contributed by atoms with Crippen LogP contribution in [0.3, 0.4) is 0 Å². The molecule has 0 bridgehead atoms. The molecule has 0 radical (unpaired) electrons. The third-order valence-corrected chi connectivity index (χ3v) is 2.88. The van der Waals surface area contributed by atoms with Gasteiger partial charge in [0, 0.05) is 11.8 Å². The number of halogens is 2. The molecule has 7 heteroatoms. The van der Waals surface area contributed by atoms with Crippen LogP contribution in [0.4, 0.5) is 8.78 Å². The highest BCUT2D eigenvalue weighted by molar-refractivity contribution is 7.90. The van der Waals surface area contributed by atoms with E-state index in [-0.39, 0.29) is 12.2 Å². The van der Waals surface area contributed by atoms with Crippen LogP contribution < -0.4 is 5.90 Å². The SMILES string of the molecule is CS(=O)(=O)c1ccc(CON)c(F)c1F. The van der Waals surface area contributed by atoms with Crippen molar-refractivity contribution in [2.45, 2.75) is 11.5 Å². The van der Waals surface area contributed by atoms with E-state index in [4.69, 9.17) is 5.90 Å². The van der Waals surface area contributed by atoms with E-state index in [9.17, 15) is 17.2 Å². The van der Waals surface area contributed by atoms with Gasteiger partial charge in [-0.25, -0.2) is 23.1 Å². The Morgan fingerprint density at radius 3 is 2.40 bits per heavy atom. The first kappa shape index (κ1) is 12.0. The number of hydrogen-bond acceptors (Lipinski definition) is 4. The maximum Gasteiger partial charge on any atom is 0.178 e. The van der Waals surface area contributed by atoms with Crippen LogP contribution in [-0.4, -0.2) is 14.7 Å². The second kappa shape index (κ2) is 4.21. The van der Waals surface area contributed by atoms with Crippen LogP contribution in [0, 0.1) is 11.6 Å². The van der Waals surface area contributed by atoms with Crippen molar-refractivity contribution in [1.29, 1.82) is 0 Å². The summed E-state index contributed by atoms with van der Waals surface area (Å²) in [4.78, 5) is 3.45. The van der Waals surface area contributed by atoms with Gasteiger partial charge in [0.25, 0.3) is 0 Å². The lowest BCUT2D eigenvalue weighted by Gasteiger charge is -2.05. The van der Waals surface area contributed by atoms with E-state index >= 15 is 0 Å². The summed E-state index contributed by atoms with van der Waals surface area (Å²) in [5.74, 6) is 2.03. The molecule has 0 aromatic heterocycles. The molecular weight excluding hydrogens is 228 g/mol. The van der Waals surface area contributed by atoms with Gasteiger partial charge >= 0.3 is 0 Å². The van der Waals surface area contributed by atoms with Crippen molar-refractivity contribution in [2.24, 2.45) is 5.90 Å². The Kier molecular flexibility index (Phi) is 3.38. The van der Waals surface area contributed by atoms with Crippen LogP contribution in [0.25, 0.3) is 0 Å². The maximum absolute atomic E-state index is 13.2. The largest absolute Gasteiger partial charge is 0.300 e. The summed E-state index contributed by atoms with van der Waals surface area (Å²) >= 11 is 0. The normalized spacial score (nSPS) is 11.7. The second-order valence-corrected chi connectivity index (χ2v) is 4.92. The van der Waals surface area contributed by atoms with Crippen molar-refractivity contribution in [1.82, 2.24) is 0 Å². The molecular formula is C8H9F2NO3S. The van der Waals surface area contributed by atoms with Gasteiger partial charge in [-0.05, 0) is 6.07 Å². The molecule has 0 spiro atoms. The Bertz CT molecular complexity index is 473. The van der Waals surface area contributed by atoms with Gasteiger partial charge in [-0.2, -0.15) is 0 Å². The summed E-state index contributed by atoms with van der Waals surface area (Å²) in [5.41, 5.74) is -0.137. The molecule has 0 aliphatic heterocycles. The van der Waals surface area contributed by atoms with Crippen molar-refractivity contribution < 1.29 is 22.0 Å². The molecule has 0 heterocycles.